The van der Waals surface area contributed by atoms with Crippen LogP contribution in [0.15, 0.2) is 12.7 Å². The zero-order valence-corrected chi connectivity index (χ0v) is 18.4. The lowest BCUT2D eigenvalue weighted by Gasteiger charge is -2.62. The van der Waals surface area contributed by atoms with Crippen molar-refractivity contribution < 1.29 is 4.79 Å². The zero-order valence-electron chi connectivity index (χ0n) is 18.4. The fraction of sp³-hybridized carbons (Fsp3) is 0.880. The molecule has 5 heteroatoms. The van der Waals surface area contributed by atoms with Gasteiger partial charge in [-0.25, -0.2) is 9.67 Å². The van der Waals surface area contributed by atoms with Gasteiger partial charge in [-0.3, -0.25) is 4.79 Å². The molecule has 162 valence electrons. The van der Waals surface area contributed by atoms with Crippen molar-refractivity contribution in [2.45, 2.75) is 95.6 Å². The van der Waals surface area contributed by atoms with E-state index in [-0.39, 0.29) is 11.0 Å². The molecule has 5 nitrogen and oxygen atoms in total. The van der Waals surface area contributed by atoms with Gasteiger partial charge in [0, 0.05) is 6.04 Å². The molecule has 1 N–H and O–H groups in total. The van der Waals surface area contributed by atoms with E-state index in [2.05, 4.69) is 27.0 Å². The van der Waals surface area contributed by atoms with Crippen molar-refractivity contribution in [3.63, 3.8) is 0 Å². The fourth-order valence-electron chi connectivity index (χ4n) is 10.4. The second kappa shape index (κ2) is 5.89. The third kappa shape index (κ3) is 2.44. The maximum Gasteiger partial charge on any atom is 0.226 e. The van der Waals surface area contributed by atoms with Gasteiger partial charge in [0.15, 0.2) is 0 Å². The van der Waals surface area contributed by atoms with E-state index in [4.69, 9.17) is 0 Å². The largest absolute Gasteiger partial charge is 0.353 e. The Labute approximate surface area is 179 Å². The van der Waals surface area contributed by atoms with Crippen LogP contribution in [0.3, 0.4) is 0 Å². The topological polar surface area (TPSA) is 59.8 Å². The average Bonchev–Trinajstić information content (AvgIpc) is 3.21. The van der Waals surface area contributed by atoms with Crippen molar-refractivity contribution in [3.05, 3.63) is 12.7 Å². The van der Waals surface area contributed by atoms with Gasteiger partial charge in [-0.1, -0.05) is 0 Å². The van der Waals surface area contributed by atoms with E-state index in [9.17, 15) is 4.79 Å². The smallest absolute Gasteiger partial charge is 0.226 e. The third-order valence-corrected chi connectivity index (χ3v) is 10.8. The molecule has 0 radical (unpaired) electrons. The van der Waals surface area contributed by atoms with Crippen LogP contribution in [0.4, 0.5) is 0 Å². The first-order chi connectivity index (χ1) is 14.5. The molecule has 30 heavy (non-hydrogen) atoms. The van der Waals surface area contributed by atoms with E-state index in [0.29, 0.717) is 29.2 Å². The van der Waals surface area contributed by atoms with Crippen molar-refractivity contribution in [2.75, 3.05) is 0 Å². The highest BCUT2D eigenvalue weighted by atomic mass is 16.2. The summed E-state index contributed by atoms with van der Waals surface area (Å²) in [5, 5.41) is 8.23. The molecule has 1 aromatic rings. The Kier molecular flexibility index (Phi) is 3.58. The average molecular weight is 409 g/mol. The molecule has 8 fully saturated rings. The van der Waals surface area contributed by atoms with E-state index in [1.54, 1.807) is 6.33 Å². The summed E-state index contributed by atoms with van der Waals surface area (Å²) in [5.41, 5.74) is 0.241. The van der Waals surface area contributed by atoms with Crippen molar-refractivity contribution >= 4 is 5.91 Å². The van der Waals surface area contributed by atoms with Gasteiger partial charge in [0.2, 0.25) is 5.91 Å². The van der Waals surface area contributed by atoms with Crippen LogP contribution in [0.1, 0.15) is 84.0 Å². The molecule has 8 saturated carbocycles. The normalized spacial score (nSPS) is 51.3. The minimum Gasteiger partial charge on any atom is -0.353 e. The van der Waals surface area contributed by atoms with E-state index in [1.807, 2.05) is 6.33 Å². The number of hydrogen-bond acceptors (Lipinski definition) is 3. The van der Waals surface area contributed by atoms with Gasteiger partial charge in [0.25, 0.3) is 0 Å². The van der Waals surface area contributed by atoms with Gasteiger partial charge in [-0.2, -0.15) is 5.10 Å². The Morgan fingerprint density at radius 2 is 1.53 bits per heavy atom. The number of carbonyl (C=O) groups is 1. The highest BCUT2D eigenvalue weighted by Crippen LogP contribution is 2.65. The molecule has 0 aromatic carbocycles. The van der Waals surface area contributed by atoms with Crippen LogP contribution in [0.25, 0.3) is 0 Å². The molecular formula is C25H36N4O. The first kappa shape index (κ1) is 18.2. The van der Waals surface area contributed by atoms with Crippen LogP contribution in [0.5, 0.6) is 0 Å². The van der Waals surface area contributed by atoms with Gasteiger partial charge in [-0.15, -0.1) is 0 Å². The molecule has 1 heterocycles. The molecule has 1 aromatic heterocycles. The number of aromatic nitrogens is 3. The highest BCUT2D eigenvalue weighted by Gasteiger charge is 2.62. The number of rotatable bonds is 4. The number of nitrogens with zero attached hydrogens (tertiary/aromatic N) is 3. The molecule has 8 bridgehead atoms. The Hall–Kier alpha value is -1.39. The first-order valence-electron chi connectivity index (χ1n) is 12.6. The Balaban J connectivity index is 1.15. The SMILES string of the molecule is C[C@@H](NC(=O)C12C[C@H]3C[C@@H](C1)CC(n1cncn1)(C3)C2)C12CC3CC(CC(C3)C1)C2. The molecule has 0 spiro atoms. The van der Waals surface area contributed by atoms with E-state index < -0.39 is 0 Å². The highest BCUT2D eigenvalue weighted by molar-refractivity contribution is 5.83. The molecule has 1 amide bonds. The summed E-state index contributed by atoms with van der Waals surface area (Å²) in [6.45, 7) is 2.35. The number of nitrogens with one attached hydrogen (secondary N) is 1. The van der Waals surface area contributed by atoms with Crippen LogP contribution in [-0.2, 0) is 10.3 Å². The van der Waals surface area contributed by atoms with Crippen LogP contribution in [0.2, 0.25) is 0 Å². The predicted octanol–water partition coefficient (Wildman–Crippen LogP) is 4.29. The van der Waals surface area contributed by atoms with E-state index in [1.165, 1.54) is 57.8 Å². The summed E-state index contributed by atoms with van der Waals surface area (Å²) in [6.07, 6.45) is 18.9. The van der Waals surface area contributed by atoms with Gasteiger partial charge in [0.1, 0.15) is 12.7 Å². The number of carbonyl (C=O) groups excluding carboxylic acids is 1. The molecule has 0 saturated heterocycles. The Morgan fingerprint density at radius 1 is 0.933 bits per heavy atom. The Morgan fingerprint density at radius 3 is 2.10 bits per heavy atom. The first-order valence-corrected chi connectivity index (χ1v) is 12.6. The molecule has 9 rings (SSSR count). The molecular weight excluding hydrogens is 372 g/mol. The fourth-order valence-corrected chi connectivity index (χ4v) is 10.4. The summed E-state index contributed by atoms with van der Waals surface area (Å²) >= 11 is 0. The van der Waals surface area contributed by atoms with Crippen LogP contribution >= 0.6 is 0 Å². The van der Waals surface area contributed by atoms with Gasteiger partial charge in [-0.05, 0) is 119 Å². The minimum absolute atomic E-state index is 0.0296. The number of amides is 1. The second-order valence-electron chi connectivity index (χ2n) is 12.8. The molecule has 8 aliphatic rings. The molecule has 5 atom stereocenters. The maximum absolute atomic E-state index is 14.0. The molecule has 2 unspecified atom stereocenters. The third-order valence-electron chi connectivity index (χ3n) is 10.8. The van der Waals surface area contributed by atoms with Crippen molar-refractivity contribution in [1.29, 1.82) is 0 Å². The number of hydrogen-bond donors (Lipinski definition) is 1. The maximum atomic E-state index is 14.0. The van der Waals surface area contributed by atoms with Gasteiger partial charge < -0.3 is 5.32 Å². The van der Waals surface area contributed by atoms with Gasteiger partial charge in [0.05, 0.1) is 11.0 Å². The van der Waals surface area contributed by atoms with E-state index >= 15 is 0 Å². The standard InChI is InChI=1S/C25H36N4O/c1-16(23-6-17-2-18(7-23)4-19(3-17)8-23)28-22(30)24-9-20-5-21(10-24)12-25(11-20,13-24)29-15-26-14-27-29/h14-21H,2-13H2,1H3,(H,28,30)/t16-,17?,18?,19?,20-,21+,23?,24?,25?/m1/s1. The van der Waals surface area contributed by atoms with Gasteiger partial charge >= 0.3 is 0 Å². The molecule has 8 aliphatic carbocycles. The quantitative estimate of drug-likeness (QED) is 0.808. The lowest BCUT2D eigenvalue weighted by atomic mass is 9.46. The minimum atomic E-state index is -0.174. The second-order valence-corrected chi connectivity index (χ2v) is 12.8. The zero-order chi connectivity index (χ0) is 20.1. The summed E-state index contributed by atoms with van der Waals surface area (Å²) in [5.74, 6) is 4.54. The van der Waals surface area contributed by atoms with Crippen molar-refractivity contribution in [1.82, 2.24) is 20.1 Å². The van der Waals surface area contributed by atoms with Crippen LogP contribution < -0.4 is 5.32 Å². The predicted molar refractivity (Wildman–Crippen MR) is 113 cm³/mol. The summed E-state index contributed by atoms with van der Waals surface area (Å²) in [6, 6.07) is 0.328. The summed E-state index contributed by atoms with van der Waals surface area (Å²) in [4.78, 5) is 18.2. The summed E-state index contributed by atoms with van der Waals surface area (Å²) < 4.78 is 2.12. The summed E-state index contributed by atoms with van der Waals surface area (Å²) in [7, 11) is 0. The Bertz CT molecular complexity index is 811. The monoisotopic (exact) mass is 408 g/mol. The lowest BCUT2D eigenvalue weighted by Crippen LogP contribution is -2.63. The lowest BCUT2D eigenvalue weighted by molar-refractivity contribution is -0.159. The van der Waals surface area contributed by atoms with Crippen LogP contribution in [0, 0.1) is 40.4 Å². The van der Waals surface area contributed by atoms with Crippen LogP contribution in [-0.4, -0.2) is 26.7 Å². The van der Waals surface area contributed by atoms with Crippen molar-refractivity contribution in [3.8, 4) is 0 Å². The van der Waals surface area contributed by atoms with E-state index in [0.717, 1.165) is 37.0 Å². The van der Waals surface area contributed by atoms with Crippen molar-refractivity contribution in [2.24, 2.45) is 40.4 Å². The molecule has 0 aliphatic heterocycles.